The fourth-order valence-corrected chi connectivity index (χ4v) is 2.29. The molecular weight excluding hydrogens is 306 g/mol. The predicted octanol–water partition coefficient (Wildman–Crippen LogP) is 3.23. The maximum atomic E-state index is 5.20. The van der Waals surface area contributed by atoms with Gasteiger partial charge in [-0.05, 0) is 48.5 Å². The maximum absolute atomic E-state index is 5.20. The van der Waals surface area contributed by atoms with Crippen LogP contribution in [0.5, 0.6) is 17.5 Å². The minimum Gasteiger partial charge on any atom is -0.497 e. The highest BCUT2D eigenvalue weighted by Crippen LogP contribution is 2.31. The van der Waals surface area contributed by atoms with Gasteiger partial charge in [-0.1, -0.05) is 5.10 Å². The topological polar surface area (TPSA) is 66.4 Å². The SMILES string of the molecule is COc1ccc(-c2nnc(OC)nc2-c2ccc(OC)cc2)cc1. The Morgan fingerprint density at radius 2 is 1.08 bits per heavy atom. The van der Waals surface area contributed by atoms with Crippen molar-refractivity contribution in [3.05, 3.63) is 48.5 Å². The first-order chi connectivity index (χ1) is 11.7. The molecule has 0 N–H and O–H groups in total. The number of nitrogens with zero attached hydrogens (tertiary/aromatic N) is 3. The highest BCUT2D eigenvalue weighted by atomic mass is 16.5. The van der Waals surface area contributed by atoms with Crippen molar-refractivity contribution in [3.63, 3.8) is 0 Å². The number of methoxy groups -OCH3 is 3. The Morgan fingerprint density at radius 3 is 1.54 bits per heavy atom. The highest BCUT2D eigenvalue weighted by molar-refractivity contribution is 5.78. The van der Waals surface area contributed by atoms with Crippen molar-refractivity contribution in [1.29, 1.82) is 0 Å². The van der Waals surface area contributed by atoms with Gasteiger partial charge in [0.1, 0.15) is 22.9 Å². The number of hydrogen-bond donors (Lipinski definition) is 0. The highest BCUT2D eigenvalue weighted by Gasteiger charge is 2.14. The van der Waals surface area contributed by atoms with Gasteiger partial charge in [0.15, 0.2) is 0 Å². The minimum atomic E-state index is 0.220. The summed E-state index contributed by atoms with van der Waals surface area (Å²) in [6.45, 7) is 0. The summed E-state index contributed by atoms with van der Waals surface area (Å²) in [4.78, 5) is 4.47. The van der Waals surface area contributed by atoms with Crippen LogP contribution in [-0.4, -0.2) is 36.5 Å². The molecule has 0 spiro atoms. The molecule has 24 heavy (non-hydrogen) atoms. The lowest BCUT2D eigenvalue weighted by Gasteiger charge is -2.10. The van der Waals surface area contributed by atoms with Crippen molar-refractivity contribution in [2.45, 2.75) is 0 Å². The molecule has 3 rings (SSSR count). The van der Waals surface area contributed by atoms with Crippen molar-refractivity contribution in [1.82, 2.24) is 15.2 Å². The Bertz CT molecular complexity index is 818. The Balaban J connectivity index is 2.10. The molecule has 0 amide bonds. The molecule has 0 aliphatic rings. The van der Waals surface area contributed by atoms with Gasteiger partial charge in [0.2, 0.25) is 0 Å². The summed E-state index contributed by atoms with van der Waals surface area (Å²) in [6.07, 6.45) is 0. The van der Waals surface area contributed by atoms with Crippen LogP contribution in [0, 0.1) is 0 Å². The van der Waals surface area contributed by atoms with Crippen LogP contribution in [-0.2, 0) is 0 Å². The van der Waals surface area contributed by atoms with E-state index < -0.39 is 0 Å². The fourth-order valence-electron chi connectivity index (χ4n) is 2.29. The number of ether oxygens (including phenoxy) is 3. The summed E-state index contributed by atoms with van der Waals surface area (Å²) in [5.41, 5.74) is 3.15. The van der Waals surface area contributed by atoms with Crippen molar-refractivity contribution in [3.8, 4) is 40.0 Å². The predicted molar refractivity (Wildman–Crippen MR) is 90.4 cm³/mol. The second kappa shape index (κ2) is 6.95. The van der Waals surface area contributed by atoms with Gasteiger partial charge < -0.3 is 14.2 Å². The van der Waals surface area contributed by atoms with Gasteiger partial charge in [-0.2, -0.15) is 4.98 Å². The van der Waals surface area contributed by atoms with Gasteiger partial charge in [-0.15, -0.1) is 5.10 Å². The molecule has 3 aromatic rings. The van der Waals surface area contributed by atoms with Crippen LogP contribution in [0.3, 0.4) is 0 Å². The maximum Gasteiger partial charge on any atom is 0.336 e. The van der Waals surface area contributed by atoms with Crippen LogP contribution in [0.15, 0.2) is 48.5 Å². The summed E-state index contributed by atoms with van der Waals surface area (Å²) in [5, 5.41) is 8.28. The third kappa shape index (κ3) is 3.12. The Hall–Kier alpha value is -3.15. The molecule has 0 atom stereocenters. The zero-order chi connectivity index (χ0) is 16.9. The summed E-state index contributed by atoms with van der Waals surface area (Å²) in [5.74, 6) is 1.55. The molecular formula is C18H17N3O3. The van der Waals surface area contributed by atoms with E-state index in [0.29, 0.717) is 11.4 Å². The molecule has 122 valence electrons. The standard InChI is InChI=1S/C18H17N3O3/c1-22-14-8-4-12(5-9-14)16-17(20-21-18(19-16)24-3)13-6-10-15(23-2)11-7-13/h4-11H,1-3H3. The molecule has 6 heteroatoms. The zero-order valence-electron chi connectivity index (χ0n) is 13.7. The van der Waals surface area contributed by atoms with Gasteiger partial charge in [-0.25, -0.2) is 0 Å². The molecule has 0 unspecified atom stereocenters. The smallest absolute Gasteiger partial charge is 0.336 e. The van der Waals surface area contributed by atoms with Crippen molar-refractivity contribution < 1.29 is 14.2 Å². The number of hydrogen-bond acceptors (Lipinski definition) is 6. The van der Waals surface area contributed by atoms with Crippen LogP contribution in [0.2, 0.25) is 0 Å². The van der Waals surface area contributed by atoms with Crippen LogP contribution >= 0.6 is 0 Å². The molecule has 0 aliphatic heterocycles. The van der Waals surface area contributed by atoms with E-state index in [4.69, 9.17) is 14.2 Å². The third-order valence-corrected chi connectivity index (χ3v) is 3.58. The lowest BCUT2D eigenvalue weighted by molar-refractivity contribution is 0.374. The first-order valence-electron chi connectivity index (χ1n) is 7.32. The lowest BCUT2D eigenvalue weighted by Crippen LogP contribution is -2.00. The van der Waals surface area contributed by atoms with Crippen LogP contribution in [0.1, 0.15) is 0 Å². The Labute approximate surface area is 140 Å². The summed E-state index contributed by atoms with van der Waals surface area (Å²) in [7, 11) is 4.78. The molecule has 2 aromatic carbocycles. The van der Waals surface area contributed by atoms with Gasteiger partial charge in [-0.3, -0.25) is 0 Å². The Kier molecular flexibility index (Phi) is 4.56. The second-order valence-corrected chi connectivity index (χ2v) is 4.95. The van der Waals surface area contributed by atoms with Gasteiger partial charge in [0.25, 0.3) is 0 Å². The van der Waals surface area contributed by atoms with E-state index in [1.165, 1.54) is 7.11 Å². The number of aromatic nitrogens is 3. The zero-order valence-corrected chi connectivity index (χ0v) is 13.7. The molecule has 6 nitrogen and oxygen atoms in total. The Morgan fingerprint density at radius 1 is 0.583 bits per heavy atom. The van der Waals surface area contributed by atoms with E-state index in [9.17, 15) is 0 Å². The molecule has 0 fully saturated rings. The van der Waals surface area contributed by atoms with Crippen molar-refractivity contribution in [2.75, 3.05) is 21.3 Å². The summed E-state index contributed by atoms with van der Waals surface area (Å²) >= 11 is 0. The quantitative estimate of drug-likeness (QED) is 0.718. The van der Waals surface area contributed by atoms with Gasteiger partial charge >= 0.3 is 6.01 Å². The average molecular weight is 323 g/mol. The average Bonchev–Trinajstić information content (AvgIpc) is 2.67. The summed E-state index contributed by atoms with van der Waals surface area (Å²) in [6, 6.07) is 15.4. The third-order valence-electron chi connectivity index (χ3n) is 3.58. The second-order valence-electron chi connectivity index (χ2n) is 4.95. The van der Waals surface area contributed by atoms with E-state index in [0.717, 1.165) is 22.6 Å². The van der Waals surface area contributed by atoms with E-state index in [2.05, 4.69) is 15.2 Å². The normalized spacial score (nSPS) is 10.3. The number of rotatable bonds is 5. The molecule has 1 aromatic heterocycles. The lowest BCUT2D eigenvalue weighted by atomic mass is 10.0. The van der Waals surface area contributed by atoms with E-state index >= 15 is 0 Å². The van der Waals surface area contributed by atoms with Gasteiger partial charge in [0, 0.05) is 11.1 Å². The number of benzene rings is 2. The molecule has 0 radical (unpaired) electrons. The van der Waals surface area contributed by atoms with Crippen LogP contribution in [0.25, 0.3) is 22.5 Å². The van der Waals surface area contributed by atoms with E-state index in [1.807, 2.05) is 48.5 Å². The van der Waals surface area contributed by atoms with E-state index in [-0.39, 0.29) is 6.01 Å². The molecule has 0 saturated carbocycles. The first kappa shape index (κ1) is 15.7. The molecule has 0 saturated heterocycles. The molecule has 1 heterocycles. The van der Waals surface area contributed by atoms with Crippen LogP contribution < -0.4 is 14.2 Å². The van der Waals surface area contributed by atoms with Crippen molar-refractivity contribution in [2.24, 2.45) is 0 Å². The minimum absolute atomic E-state index is 0.220. The van der Waals surface area contributed by atoms with Crippen LogP contribution in [0.4, 0.5) is 0 Å². The van der Waals surface area contributed by atoms with Crippen molar-refractivity contribution >= 4 is 0 Å². The van der Waals surface area contributed by atoms with E-state index in [1.54, 1.807) is 14.2 Å². The molecule has 0 bridgehead atoms. The first-order valence-corrected chi connectivity index (χ1v) is 7.32. The summed E-state index contributed by atoms with van der Waals surface area (Å²) < 4.78 is 15.5. The molecule has 0 aliphatic carbocycles. The monoisotopic (exact) mass is 323 g/mol. The largest absolute Gasteiger partial charge is 0.497 e. The fraction of sp³-hybridized carbons (Fsp3) is 0.167. The van der Waals surface area contributed by atoms with Gasteiger partial charge in [0.05, 0.1) is 21.3 Å².